The van der Waals surface area contributed by atoms with Crippen LogP contribution < -0.4 is 5.73 Å². The minimum atomic E-state index is -0.500. The summed E-state index contributed by atoms with van der Waals surface area (Å²) in [6, 6.07) is 0. The van der Waals surface area contributed by atoms with E-state index in [1.807, 2.05) is 6.92 Å². The van der Waals surface area contributed by atoms with E-state index in [0.717, 1.165) is 0 Å². The first kappa shape index (κ1) is 24.4. The van der Waals surface area contributed by atoms with Gasteiger partial charge in [0, 0.05) is 18.7 Å². The van der Waals surface area contributed by atoms with E-state index in [4.69, 9.17) is 15.9 Å². The Morgan fingerprint density at radius 1 is 1.50 bits per heavy atom. The number of carbonyl (C=O) groups is 1. The molecule has 0 fully saturated rings. The van der Waals surface area contributed by atoms with Crippen molar-refractivity contribution in [3.05, 3.63) is 20.1 Å². The number of nitrogens with one attached hydrogen (secondary N) is 1. The SMILES string of the molecule is C=[C-]CC(C(N)=NC)C(CC(=N)CC)C(=O)OC.[CH3-].[U+2]. The van der Waals surface area contributed by atoms with E-state index in [1.54, 1.807) is 7.05 Å². The molecule has 0 bridgehead atoms. The summed E-state index contributed by atoms with van der Waals surface area (Å²) in [6.45, 7) is 5.42. The Balaban J connectivity index is -0.00000144. The van der Waals surface area contributed by atoms with E-state index in [2.05, 4.69) is 17.6 Å². The van der Waals surface area contributed by atoms with Gasteiger partial charge in [-0.05, 0) is 12.8 Å². The van der Waals surface area contributed by atoms with Crippen LogP contribution >= 0.6 is 0 Å². The molecule has 0 amide bonds. The molecule has 0 aromatic heterocycles. The second-order valence-electron chi connectivity index (χ2n) is 4.00. The van der Waals surface area contributed by atoms with Crippen LogP contribution in [0.2, 0.25) is 0 Å². The van der Waals surface area contributed by atoms with Crippen LogP contribution in [0.1, 0.15) is 26.2 Å². The average Bonchev–Trinajstić information content (AvgIpc) is 2.40. The van der Waals surface area contributed by atoms with Gasteiger partial charge in [0.05, 0.1) is 18.9 Å². The van der Waals surface area contributed by atoms with Crippen molar-refractivity contribution < 1.29 is 40.6 Å². The number of amidine groups is 1. The Bertz CT molecular complexity index is 343. The summed E-state index contributed by atoms with van der Waals surface area (Å²) in [4.78, 5) is 15.7. The number of hydrogen-bond donors (Lipinski definition) is 2. The second kappa shape index (κ2) is 13.4. The molecule has 0 radical (unpaired) electrons. The van der Waals surface area contributed by atoms with Gasteiger partial charge in [-0.2, -0.15) is 6.42 Å². The van der Waals surface area contributed by atoms with E-state index in [0.29, 0.717) is 30.8 Å². The number of hydrogen-bond acceptors (Lipinski definition) is 4. The fourth-order valence-electron chi connectivity index (χ4n) is 1.73. The van der Waals surface area contributed by atoms with Gasteiger partial charge in [-0.25, -0.2) is 0 Å². The zero-order chi connectivity index (χ0) is 14.1. The Morgan fingerprint density at radius 2 is 2.05 bits per heavy atom. The first-order chi connectivity index (χ1) is 8.51. The molecule has 0 aromatic rings. The molecule has 3 N–H and O–H groups in total. The van der Waals surface area contributed by atoms with Gasteiger partial charge in [-0.15, -0.1) is 0 Å². The molecule has 0 rings (SSSR count). The van der Waals surface area contributed by atoms with Crippen LogP contribution in [0.4, 0.5) is 0 Å². The van der Waals surface area contributed by atoms with E-state index in [1.165, 1.54) is 7.11 Å². The van der Waals surface area contributed by atoms with Crippen LogP contribution in [0.3, 0.4) is 0 Å². The van der Waals surface area contributed by atoms with Crippen molar-refractivity contribution >= 4 is 17.5 Å². The number of carbonyl (C=O) groups excluding carboxylic acids is 1. The first-order valence-electron chi connectivity index (χ1n) is 5.87. The summed E-state index contributed by atoms with van der Waals surface area (Å²) in [7, 11) is 2.91. The number of nitrogens with two attached hydrogens (primary N) is 1. The minimum Gasteiger partial charge on any atom is -0.503 e. The number of ether oxygens (including phenoxy) is 1. The van der Waals surface area contributed by atoms with Crippen molar-refractivity contribution in [2.45, 2.75) is 26.2 Å². The standard InChI is InChI=1S/C13H22N3O2.CH3.U/c1-5-7-10(12(15)16-3)11(13(17)18-4)8-9(14)6-2;;/h10-11,14H,1,6-8H2,2-4H3,(H2,15,16);1H3;/q2*-1;+2. The molecule has 0 aliphatic heterocycles. The molecule has 2 unspecified atom stereocenters. The van der Waals surface area contributed by atoms with Gasteiger partial charge in [0.2, 0.25) is 0 Å². The van der Waals surface area contributed by atoms with Crippen molar-refractivity contribution in [2.75, 3.05) is 14.2 Å². The summed E-state index contributed by atoms with van der Waals surface area (Å²) >= 11 is 0. The molecule has 0 heterocycles. The van der Waals surface area contributed by atoms with Gasteiger partial charge in [0.15, 0.2) is 0 Å². The van der Waals surface area contributed by atoms with Gasteiger partial charge in [-0.1, -0.05) is 6.92 Å². The molecule has 0 spiro atoms. The number of aliphatic imine (C=N–C) groups is 1. The maximum absolute atomic E-state index is 11.8. The third kappa shape index (κ3) is 7.86. The molecule has 5 nitrogen and oxygen atoms in total. The van der Waals surface area contributed by atoms with Crippen molar-refractivity contribution in [1.29, 1.82) is 5.41 Å². The molecule has 20 heavy (non-hydrogen) atoms. The van der Waals surface area contributed by atoms with Crippen molar-refractivity contribution in [3.63, 3.8) is 0 Å². The molecule has 6 heteroatoms. The van der Waals surface area contributed by atoms with Crippen LogP contribution in [0.15, 0.2) is 11.6 Å². The Kier molecular flexibility index (Phi) is 16.3. The fraction of sp³-hybridized carbons (Fsp3) is 0.571. The van der Waals surface area contributed by atoms with Crippen molar-refractivity contribution in [1.82, 2.24) is 0 Å². The third-order valence-electron chi connectivity index (χ3n) is 2.89. The van der Waals surface area contributed by atoms with Crippen LogP contribution in [0.5, 0.6) is 0 Å². The van der Waals surface area contributed by atoms with Crippen LogP contribution in [-0.2, 0) is 9.53 Å². The fourth-order valence-corrected chi connectivity index (χ4v) is 1.73. The Hall–Kier alpha value is -0.598. The average molecular weight is 505 g/mol. The van der Waals surface area contributed by atoms with Crippen LogP contribution in [0.25, 0.3) is 0 Å². The number of rotatable bonds is 8. The monoisotopic (exact) mass is 505 g/mol. The van der Waals surface area contributed by atoms with Gasteiger partial charge < -0.3 is 29.4 Å². The Labute approximate surface area is 146 Å². The van der Waals surface area contributed by atoms with Gasteiger partial charge >= 0.3 is 37.1 Å². The molecule has 0 aliphatic carbocycles. The van der Waals surface area contributed by atoms with Crippen LogP contribution in [0, 0.1) is 61.9 Å². The molecule has 0 aliphatic rings. The van der Waals surface area contributed by atoms with E-state index >= 15 is 0 Å². The molecule has 0 aromatic carbocycles. The molecule has 0 saturated heterocycles. The van der Waals surface area contributed by atoms with Crippen molar-refractivity contribution in [3.8, 4) is 0 Å². The summed E-state index contributed by atoms with van der Waals surface area (Å²) < 4.78 is 4.79. The maximum atomic E-state index is 11.8. The minimum absolute atomic E-state index is 0. The van der Waals surface area contributed by atoms with E-state index in [-0.39, 0.29) is 50.4 Å². The molecule has 2 atom stereocenters. The van der Waals surface area contributed by atoms with Gasteiger partial charge in [0.1, 0.15) is 0 Å². The summed E-state index contributed by atoms with van der Waals surface area (Å²) in [6.07, 6.45) is 4.08. The zero-order valence-electron chi connectivity index (χ0n) is 12.8. The van der Waals surface area contributed by atoms with Gasteiger partial charge in [-0.3, -0.25) is 16.4 Å². The smallest absolute Gasteiger partial charge is 0.503 e. The topological polar surface area (TPSA) is 88.5 Å². The predicted molar refractivity (Wildman–Crippen MR) is 79.1 cm³/mol. The second-order valence-corrected chi connectivity index (χ2v) is 4.00. The zero-order valence-corrected chi connectivity index (χ0v) is 17.0. The predicted octanol–water partition coefficient (Wildman–Crippen LogP) is 2.03. The number of allylic oxidation sites excluding steroid dienone is 1. The number of methoxy groups -OCH3 is 1. The third-order valence-corrected chi connectivity index (χ3v) is 2.89. The van der Waals surface area contributed by atoms with Crippen LogP contribution in [-0.4, -0.2) is 31.7 Å². The number of esters is 1. The molecule has 112 valence electrons. The maximum Gasteiger partial charge on any atom is 2.00 e. The molecular weight excluding hydrogens is 480 g/mol. The molecular formula is C14H25N3O2U. The summed E-state index contributed by atoms with van der Waals surface area (Å²) in [5.74, 6) is -0.822. The Morgan fingerprint density at radius 3 is 2.40 bits per heavy atom. The quantitative estimate of drug-likeness (QED) is 0.229. The summed E-state index contributed by atoms with van der Waals surface area (Å²) in [5.41, 5.74) is 6.31. The van der Waals surface area contributed by atoms with E-state index in [9.17, 15) is 4.79 Å². The largest absolute Gasteiger partial charge is 2.00 e. The normalized spacial score (nSPS) is 13.2. The molecule has 0 saturated carbocycles. The van der Waals surface area contributed by atoms with Crippen molar-refractivity contribution in [2.24, 2.45) is 22.6 Å². The van der Waals surface area contributed by atoms with Gasteiger partial charge in [0.25, 0.3) is 0 Å². The first-order valence-corrected chi connectivity index (χ1v) is 5.87. The number of nitrogens with zero attached hydrogens (tertiary/aromatic N) is 1. The van der Waals surface area contributed by atoms with E-state index < -0.39 is 5.92 Å². The summed E-state index contributed by atoms with van der Waals surface area (Å²) in [5, 5.41) is 7.74.